The van der Waals surface area contributed by atoms with E-state index in [4.69, 9.17) is 11.6 Å². The fraction of sp³-hybridized carbons (Fsp3) is 0.625. The van der Waals surface area contributed by atoms with Gasteiger partial charge in [-0.25, -0.2) is 0 Å². The molecule has 0 amide bonds. The summed E-state index contributed by atoms with van der Waals surface area (Å²) in [5, 5.41) is 4.28. The highest BCUT2D eigenvalue weighted by Crippen LogP contribution is 2.31. The first kappa shape index (κ1) is 15.6. The third-order valence-corrected chi connectivity index (χ3v) is 4.30. The van der Waals surface area contributed by atoms with Gasteiger partial charge in [0.2, 0.25) is 0 Å². The lowest BCUT2D eigenvalue weighted by atomic mass is 10.1. The summed E-state index contributed by atoms with van der Waals surface area (Å²) in [6.45, 7) is 12.9. The highest BCUT2D eigenvalue weighted by molar-refractivity contribution is 6.33. The van der Waals surface area contributed by atoms with E-state index in [1.165, 1.54) is 11.3 Å². The smallest absolute Gasteiger partial charge is 0.0642 e. The number of benzene rings is 1. The highest BCUT2D eigenvalue weighted by atomic mass is 35.5. The number of hydrogen-bond donors (Lipinski definition) is 1. The van der Waals surface area contributed by atoms with Crippen LogP contribution in [0, 0.1) is 0 Å². The van der Waals surface area contributed by atoms with Crippen molar-refractivity contribution in [2.45, 2.75) is 33.4 Å². The molecule has 112 valence electrons. The average Bonchev–Trinajstić information content (AvgIpc) is 2.45. The van der Waals surface area contributed by atoms with E-state index in [9.17, 15) is 0 Å². The molecule has 0 spiro atoms. The molecule has 1 aliphatic rings. The Morgan fingerprint density at radius 1 is 1.20 bits per heavy atom. The Kier molecular flexibility index (Phi) is 5.70. The summed E-state index contributed by atoms with van der Waals surface area (Å²) in [4.78, 5) is 4.96. The van der Waals surface area contributed by atoms with Gasteiger partial charge in [0.15, 0.2) is 0 Å². The largest absolute Gasteiger partial charge is 0.367 e. The van der Waals surface area contributed by atoms with Crippen LogP contribution in [0.15, 0.2) is 18.2 Å². The molecule has 1 aliphatic heterocycles. The van der Waals surface area contributed by atoms with Crippen molar-refractivity contribution in [2.24, 2.45) is 0 Å². The number of hydrogen-bond acceptors (Lipinski definition) is 3. The Balaban J connectivity index is 2.12. The molecule has 1 aromatic carbocycles. The van der Waals surface area contributed by atoms with Crippen LogP contribution in [0.5, 0.6) is 0 Å². The van der Waals surface area contributed by atoms with Gasteiger partial charge in [0.25, 0.3) is 0 Å². The molecule has 2 rings (SSSR count). The van der Waals surface area contributed by atoms with Crippen LogP contribution in [0.25, 0.3) is 0 Å². The molecule has 0 atom stereocenters. The number of anilines is 1. The van der Waals surface area contributed by atoms with Gasteiger partial charge in [0.1, 0.15) is 0 Å². The Morgan fingerprint density at radius 2 is 1.90 bits per heavy atom. The van der Waals surface area contributed by atoms with Crippen molar-refractivity contribution in [1.82, 2.24) is 10.2 Å². The summed E-state index contributed by atoms with van der Waals surface area (Å²) in [6, 6.07) is 6.85. The van der Waals surface area contributed by atoms with Crippen LogP contribution in [0.1, 0.15) is 26.3 Å². The molecule has 0 radical (unpaired) electrons. The topological polar surface area (TPSA) is 18.5 Å². The van der Waals surface area contributed by atoms with Crippen LogP contribution in [-0.2, 0) is 6.54 Å². The Morgan fingerprint density at radius 3 is 2.50 bits per heavy atom. The van der Waals surface area contributed by atoms with Gasteiger partial charge in [0, 0.05) is 38.8 Å². The normalized spacial score (nSPS) is 16.9. The minimum Gasteiger partial charge on any atom is -0.367 e. The summed E-state index contributed by atoms with van der Waals surface area (Å²) >= 11 is 6.46. The van der Waals surface area contributed by atoms with Gasteiger partial charge in [-0.1, -0.05) is 30.7 Å². The van der Waals surface area contributed by atoms with Crippen molar-refractivity contribution >= 4 is 17.3 Å². The summed E-state index contributed by atoms with van der Waals surface area (Å²) in [6.07, 6.45) is 0. The quantitative estimate of drug-likeness (QED) is 0.901. The first-order valence-electron chi connectivity index (χ1n) is 7.60. The molecule has 0 aliphatic carbocycles. The standard InChI is InChI=1S/C16H26ClN3/c1-4-18-12-14-6-5-7-15(17)16(14)20-10-8-19(9-11-20)13(2)3/h5-7,13,18H,4,8-12H2,1-3H3. The van der Waals surface area contributed by atoms with E-state index in [-0.39, 0.29) is 0 Å². The molecule has 0 bridgehead atoms. The molecule has 1 aromatic rings. The summed E-state index contributed by atoms with van der Waals surface area (Å²) in [5.74, 6) is 0. The molecule has 0 aromatic heterocycles. The van der Waals surface area contributed by atoms with Crippen LogP contribution < -0.4 is 10.2 Å². The van der Waals surface area contributed by atoms with Gasteiger partial charge in [-0.15, -0.1) is 0 Å². The maximum Gasteiger partial charge on any atom is 0.0642 e. The zero-order valence-electron chi connectivity index (χ0n) is 12.8. The van der Waals surface area contributed by atoms with E-state index in [1.54, 1.807) is 0 Å². The first-order valence-corrected chi connectivity index (χ1v) is 7.98. The summed E-state index contributed by atoms with van der Waals surface area (Å²) < 4.78 is 0. The van der Waals surface area contributed by atoms with E-state index in [1.807, 2.05) is 12.1 Å². The third kappa shape index (κ3) is 3.66. The lowest BCUT2D eigenvalue weighted by molar-refractivity contribution is 0.209. The molecule has 0 unspecified atom stereocenters. The molecule has 1 heterocycles. The van der Waals surface area contributed by atoms with Crippen LogP contribution in [0.4, 0.5) is 5.69 Å². The molecule has 1 saturated heterocycles. The second-order valence-electron chi connectivity index (χ2n) is 5.64. The molecule has 0 saturated carbocycles. The highest BCUT2D eigenvalue weighted by Gasteiger charge is 2.22. The van der Waals surface area contributed by atoms with Crippen molar-refractivity contribution < 1.29 is 0 Å². The van der Waals surface area contributed by atoms with Crippen LogP contribution >= 0.6 is 11.6 Å². The van der Waals surface area contributed by atoms with Crippen LogP contribution in [0.2, 0.25) is 5.02 Å². The maximum absolute atomic E-state index is 6.46. The zero-order valence-corrected chi connectivity index (χ0v) is 13.6. The number of para-hydroxylation sites is 1. The number of rotatable bonds is 5. The fourth-order valence-corrected chi connectivity index (χ4v) is 3.09. The lowest BCUT2D eigenvalue weighted by Gasteiger charge is -2.39. The summed E-state index contributed by atoms with van der Waals surface area (Å²) in [5.41, 5.74) is 2.52. The number of piperazine rings is 1. The SMILES string of the molecule is CCNCc1cccc(Cl)c1N1CCN(C(C)C)CC1. The molecule has 1 fully saturated rings. The second-order valence-corrected chi connectivity index (χ2v) is 6.05. The zero-order chi connectivity index (χ0) is 14.5. The van der Waals surface area contributed by atoms with Crippen LogP contribution in [0.3, 0.4) is 0 Å². The molecular formula is C16H26ClN3. The minimum absolute atomic E-state index is 0.629. The number of halogens is 1. The Hall–Kier alpha value is -0.770. The lowest BCUT2D eigenvalue weighted by Crippen LogP contribution is -2.49. The molecule has 1 N–H and O–H groups in total. The van der Waals surface area contributed by atoms with E-state index in [2.05, 4.69) is 42.0 Å². The second kappa shape index (κ2) is 7.30. The van der Waals surface area contributed by atoms with Gasteiger partial charge < -0.3 is 10.2 Å². The van der Waals surface area contributed by atoms with Gasteiger partial charge in [0.05, 0.1) is 10.7 Å². The predicted molar refractivity (Wildman–Crippen MR) is 87.8 cm³/mol. The molecule has 20 heavy (non-hydrogen) atoms. The number of nitrogens with one attached hydrogen (secondary N) is 1. The first-order chi connectivity index (χ1) is 9.63. The van der Waals surface area contributed by atoms with Gasteiger partial charge in [-0.3, -0.25) is 4.90 Å². The molecule has 3 nitrogen and oxygen atoms in total. The molecular weight excluding hydrogens is 270 g/mol. The van der Waals surface area contributed by atoms with Crippen molar-refractivity contribution in [3.05, 3.63) is 28.8 Å². The molecule has 4 heteroatoms. The van der Waals surface area contributed by atoms with Crippen molar-refractivity contribution in [1.29, 1.82) is 0 Å². The van der Waals surface area contributed by atoms with E-state index >= 15 is 0 Å². The van der Waals surface area contributed by atoms with E-state index in [0.717, 1.165) is 44.3 Å². The Labute approximate surface area is 127 Å². The predicted octanol–water partition coefficient (Wildman–Crippen LogP) is 2.98. The summed E-state index contributed by atoms with van der Waals surface area (Å²) in [7, 11) is 0. The van der Waals surface area contributed by atoms with Crippen LogP contribution in [-0.4, -0.2) is 43.7 Å². The van der Waals surface area contributed by atoms with Crippen molar-refractivity contribution in [2.75, 3.05) is 37.6 Å². The van der Waals surface area contributed by atoms with Gasteiger partial charge >= 0.3 is 0 Å². The van der Waals surface area contributed by atoms with Gasteiger partial charge in [-0.2, -0.15) is 0 Å². The number of nitrogens with zero attached hydrogens (tertiary/aromatic N) is 2. The van der Waals surface area contributed by atoms with Crippen molar-refractivity contribution in [3.63, 3.8) is 0 Å². The van der Waals surface area contributed by atoms with E-state index < -0.39 is 0 Å². The monoisotopic (exact) mass is 295 g/mol. The minimum atomic E-state index is 0.629. The van der Waals surface area contributed by atoms with E-state index in [0.29, 0.717) is 6.04 Å². The maximum atomic E-state index is 6.46. The fourth-order valence-electron chi connectivity index (χ4n) is 2.78. The Bertz CT molecular complexity index is 426. The third-order valence-electron chi connectivity index (χ3n) is 4.00. The van der Waals surface area contributed by atoms with Gasteiger partial charge in [-0.05, 0) is 32.0 Å². The average molecular weight is 296 g/mol. The van der Waals surface area contributed by atoms with Crippen molar-refractivity contribution in [3.8, 4) is 0 Å².